The summed E-state index contributed by atoms with van der Waals surface area (Å²) in [5, 5.41) is 14.2. The van der Waals surface area contributed by atoms with Crippen LogP contribution in [0, 0.1) is 5.82 Å². The van der Waals surface area contributed by atoms with E-state index in [9.17, 15) is 9.18 Å². The van der Waals surface area contributed by atoms with Crippen molar-refractivity contribution in [3.8, 4) is 0 Å². The molecule has 4 nitrogen and oxygen atoms in total. The smallest absolute Gasteiger partial charge is 0.432 e. The van der Waals surface area contributed by atoms with Crippen molar-refractivity contribution in [1.82, 2.24) is 0 Å². The van der Waals surface area contributed by atoms with Crippen molar-refractivity contribution in [2.45, 2.75) is 0 Å². The van der Waals surface area contributed by atoms with Gasteiger partial charge in [-0.3, -0.25) is 0 Å². The number of halogens is 1. The number of hydrogen-bond donors (Lipinski definition) is 2. The Morgan fingerprint density at radius 1 is 1.43 bits per heavy atom. The molecule has 0 fully saturated rings. The van der Waals surface area contributed by atoms with Crippen molar-refractivity contribution in [2.24, 2.45) is 0 Å². The van der Waals surface area contributed by atoms with Crippen molar-refractivity contribution in [2.75, 3.05) is 7.11 Å². The molecule has 0 heterocycles. The number of rotatable bonds is 1. The van der Waals surface area contributed by atoms with Gasteiger partial charge in [-0.1, -0.05) is 12.1 Å². The van der Waals surface area contributed by atoms with Crippen LogP contribution in [0.3, 0.4) is 0 Å². The second-order valence-electron chi connectivity index (χ2n) is 2.11. The van der Waals surface area contributed by atoms with Gasteiger partial charge in [0, 0.05) is 0 Å². The van der Waals surface area contributed by atoms with E-state index in [0.717, 1.165) is 0 Å². The fourth-order valence-corrected chi connectivity index (χ4v) is 0.737. The van der Waals surface area contributed by atoms with E-state index >= 15 is 0 Å². The van der Waals surface area contributed by atoms with Gasteiger partial charge in [-0.05, 0) is 12.1 Å². The Balaban J connectivity index is 0.000000500. The van der Waals surface area contributed by atoms with Crippen LogP contribution in [0.2, 0.25) is 0 Å². The molecule has 6 heteroatoms. The second-order valence-corrected chi connectivity index (χ2v) is 2.11. The molecule has 76 valence electrons. The minimum Gasteiger partial charge on any atom is -0.465 e. The van der Waals surface area contributed by atoms with Crippen molar-refractivity contribution in [1.29, 1.82) is 0 Å². The molecule has 0 saturated carbocycles. The number of esters is 1. The zero-order valence-corrected chi connectivity index (χ0v) is 7.61. The van der Waals surface area contributed by atoms with E-state index in [1.807, 2.05) is 0 Å². The van der Waals surface area contributed by atoms with Crippen LogP contribution in [0.4, 0.5) is 4.39 Å². The molecule has 0 saturated heterocycles. The van der Waals surface area contributed by atoms with Crippen LogP contribution in [-0.2, 0) is 4.74 Å². The summed E-state index contributed by atoms with van der Waals surface area (Å²) in [6, 6.07) is 5.69. The number of carbonyl (C=O) groups excluding carboxylic acids is 1. The monoisotopic (exact) mass is 200 g/mol. The second kappa shape index (κ2) is 7.05. The number of methoxy groups -OCH3 is 1. The molecular formula is C8H10BFO4. The Morgan fingerprint density at radius 3 is 2.36 bits per heavy atom. The third-order valence-electron chi connectivity index (χ3n) is 1.28. The molecule has 0 radical (unpaired) electrons. The summed E-state index contributed by atoms with van der Waals surface area (Å²) in [6.07, 6.45) is 0. The lowest BCUT2D eigenvalue weighted by Gasteiger charge is -1.98. The normalized spacial score (nSPS) is 8.29. The average Bonchev–Trinajstić information content (AvgIpc) is 2.19. The topological polar surface area (TPSA) is 66.8 Å². The standard InChI is InChI=1S/C8H7FO2.BH3O2/c1-11-8(10)6-4-2-3-5-7(6)9;2-1-3/h2-5H,1H3;1-3H. The van der Waals surface area contributed by atoms with Crippen molar-refractivity contribution in [3.05, 3.63) is 35.6 Å². The van der Waals surface area contributed by atoms with Crippen molar-refractivity contribution >= 4 is 13.7 Å². The molecule has 0 aliphatic heterocycles. The van der Waals surface area contributed by atoms with Gasteiger partial charge in [0.05, 0.1) is 12.7 Å². The highest BCUT2D eigenvalue weighted by Gasteiger charge is 2.09. The summed E-state index contributed by atoms with van der Waals surface area (Å²) in [7, 11) is 0.467. The van der Waals surface area contributed by atoms with E-state index in [1.165, 1.54) is 25.3 Å². The molecule has 1 rings (SSSR count). The summed E-state index contributed by atoms with van der Waals surface area (Å²) in [4.78, 5) is 10.8. The van der Waals surface area contributed by atoms with E-state index in [2.05, 4.69) is 4.74 Å². The van der Waals surface area contributed by atoms with Crippen molar-refractivity contribution < 1.29 is 24.0 Å². The largest absolute Gasteiger partial charge is 0.465 e. The van der Waals surface area contributed by atoms with E-state index in [-0.39, 0.29) is 5.56 Å². The predicted molar refractivity (Wildman–Crippen MR) is 49.3 cm³/mol. The van der Waals surface area contributed by atoms with Gasteiger partial charge in [-0.2, -0.15) is 0 Å². The summed E-state index contributed by atoms with van der Waals surface area (Å²) in [5.41, 5.74) is -0.0324. The summed E-state index contributed by atoms with van der Waals surface area (Å²) >= 11 is 0. The van der Waals surface area contributed by atoms with Crippen LogP contribution >= 0.6 is 0 Å². The molecule has 0 aliphatic rings. The van der Waals surface area contributed by atoms with Crippen LogP contribution < -0.4 is 0 Å². The Hall–Kier alpha value is -1.40. The lowest BCUT2D eigenvalue weighted by atomic mass is 10.2. The Bertz CT molecular complexity index is 292. The third kappa shape index (κ3) is 4.02. The van der Waals surface area contributed by atoms with Gasteiger partial charge >= 0.3 is 13.7 Å². The van der Waals surface area contributed by atoms with Crippen LogP contribution in [0.25, 0.3) is 0 Å². The first-order valence-electron chi connectivity index (χ1n) is 3.72. The van der Waals surface area contributed by atoms with Crippen molar-refractivity contribution in [3.63, 3.8) is 0 Å². The maximum absolute atomic E-state index is 12.7. The van der Waals surface area contributed by atoms with Gasteiger partial charge in [-0.15, -0.1) is 0 Å². The van der Waals surface area contributed by atoms with E-state index in [4.69, 9.17) is 10.0 Å². The first-order chi connectivity index (χ1) is 6.67. The summed E-state index contributed by atoms with van der Waals surface area (Å²) in [5.74, 6) is -1.21. The van der Waals surface area contributed by atoms with Crippen LogP contribution in [0.15, 0.2) is 24.3 Å². The Labute approximate surface area is 81.3 Å². The SMILES string of the molecule is COC(=O)c1ccccc1F.OBO. The van der Waals surface area contributed by atoms with E-state index < -0.39 is 19.5 Å². The molecule has 2 N–H and O–H groups in total. The maximum atomic E-state index is 12.7. The van der Waals surface area contributed by atoms with Gasteiger partial charge in [-0.25, -0.2) is 9.18 Å². The quantitative estimate of drug-likeness (QED) is 0.488. The van der Waals surface area contributed by atoms with Gasteiger partial charge in [0.2, 0.25) is 0 Å². The van der Waals surface area contributed by atoms with Gasteiger partial charge in [0.15, 0.2) is 0 Å². The molecule has 1 aromatic rings. The van der Waals surface area contributed by atoms with Gasteiger partial charge in [0.25, 0.3) is 0 Å². The summed E-state index contributed by atoms with van der Waals surface area (Å²) in [6.45, 7) is 0. The molecule has 0 unspecified atom stereocenters. The maximum Gasteiger partial charge on any atom is 0.432 e. The predicted octanol–water partition coefficient (Wildman–Crippen LogP) is -0.150. The zero-order valence-electron chi connectivity index (χ0n) is 7.61. The molecule has 0 atom stereocenters. The fraction of sp³-hybridized carbons (Fsp3) is 0.125. The molecule has 0 aliphatic carbocycles. The molecule has 0 spiro atoms. The number of benzene rings is 1. The van der Waals surface area contributed by atoms with E-state index in [0.29, 0.717) is 0 Å². The summed E-state index contributed by atoms with van der Waals surface area (Å²) < 4.78 is 17.1. The van der Waals surface area contributed by atoms with Gasteiger partial charge < -0.3 is 14.8 Å². The molecular weight excluding hydrogens is 190 g/mol. The fourth-order valence-electron chi connectivity index (χ4n) is 0.737. The Kier molecular flexibility index (Phi) is 6.35. The van der Waals surface area contributed by atoms with Crippen LogP contribution in [0.5, 0.6) is 0 Å². The van der Waals surface area contributed by atoms with E-state index in [1.54, 1.807) is 6.07 Å². The Morgan fingerprint density at radius 2 is 1.93 bits per heavy atom. The minimum absolute atomic E-state index is 0.0324. The highest BCUT2D eigenvalue weighted by atomic mass is 19.1. The number of carbonyl (C=O) groups is 1. The van der Waals surface area contributed by atoms with Crippen LogP contribution in [0.1, 0.15) is 10.4 Å². The number of hydrogen-bond acceptors (Lipinski definition) is 4. The molecule has 14 heavy (non-hydrogen) atoms. The van der Waals surface area contributed by atoms with Gasteiger partial charge in [0.1, 0.15) is 5.82 Å². The third-order valence-corrected chi connectivity index (χ3v) is 1.28. The number of ether oxygens (including phenoxy) is 1. The lowest BCUT2D eigenvalue weighted by Crippen LogP contribution is -2.03. The first-order valence-corrected chi connectivity index (χ1v) is 3.72. The average molecular weight is 200 g/mol. The highest BCUT2D eigenvalue weighted by Crippen LogP contribution is 2.06. The zero-order chi connectivity index (χ0) is 11.0. The minimum atomic E-state index is -0.750. The van der Waals surface area contributed by atoms with Crippen LogP contribution in [-0.4, -0.2) is 30.8 Å². The molecule has 0 amide bonds. The first kappa shape index (κ1) is 12.6. The molecule has 1 aromatic carbocycles. The lowest BCUT2D eigenvalue weighted by molar-refractivity contribution is 0.0595. The highest BCUT2D eigenvalue weighted by molar-refractivity contribution is 6.13. The molecule has 0 bridgehead atoms. The molecule has 0 aromatic heterocycles.